The van der Waals surface area contributed by atoms with Gasteiger partial charge in [-0.3, -0.25) is 0 Å². The van der Waals surface area contributed by atoms with Gasteiger partial charge in [0.2, 0.25) is 0 Å². The van der Waals surface area contributed by atoms with Gasteiger partial charge in [-0.2, -0.15) is 0 Å². The summed E-state index contributed by atoms with van der Waals surface area (Å²) in [5.74, 6) is 3.01. The van der Waals surface area contributed by atoms with Crippen LogP contribution in [0.25, 0.3) is 0 Å². The molecule has 116 valence electrons. The first-order valence-electron chi connectivity index (χ1n) is 8.70. The van der Waals surface area contributed by atoms with Crippen LogP contribution in [-0.4, -0.2) is 31.1 Å². The van der Waals surface area contributed by atoms with Gasteiger partial charge in [0.15, 0.2) is 0 Å². The Hall–Kier alpha value is -0.860. The summed E-state index contributed by atoms with van der Waals surface area (Å²) >= 11 is 0. The Bertz CT molecular complexity index is 430. The Labute approximate surface area is 129 Å². The highest BCUT2D eigenvalue weighted by molar-refractivity contribution is 5.14. The first-order valence-corrected chi connectivity index (χ1v) is 8.70. The number of hydrogen-bond acceptors (Lipinski definition) is 2. The van der Waals surface area contributed by atoms with Crippen molar-refractivity contribution in [3.8, 4) is 0 Å². The second-order valence-electron chi connectivity index (χ2n) is 7.29. The molecule has 2 aliphatic carbocycles. The lowest BCUT2D eigenvalue weighted by molar-refractivity contribution is 0.169. The van der Waals surface area contributed by atoms with E-state index < -0.39 is 0 Å². The molecule has 2 nitrogen and oxygen atoms in total. The highest BCUT2D eigenvalue weighted by Gasteiger charge is 2.39. The molecular weight excluding hydrogens is 256 g/mol. The predicted molar refractivity (Wildman–Crippen MR) is 89.2 cm³/mol. The lowest BCUT2D eigenvalue weighted by Gasteiger charge is -2.32. The molecule has 2 N–H and O–H groups in total. The molecule has 0 spiro atoms. The smallest absolute Gasteiger partial charge is 0.0218 e. The van der Waals surface area contributed by atoms with E-state index in [9.17, 15) is 0 Å². The van der Waals surface area contributed by atoms with Crippen molar-refractivity contribution in [2.24, 2.45) is 23.5 Å². The lowest BCUT2D eigenvalue weighted by atomic mass is 9.88. The van der Waals surface area contributed by atoms with Crippen LogP contribution < -0.4 is 5.73 Å². The van der Waals surface area contributed by atoms with Gasteiger partial charge in [0.25, 0.3) is 0 Å². The minimum atomic E-state index is 0.532. The number of likely N-dealkylation sites (N-methyl/N-ethyl adjacent to an activating group) is 1. The van der Waals surface area contributed by atoms with Gasteiger partial charge in [0, 0.05) is 19.1 Å². The van der Waals surface area contributed by atoms with E-state index in [2.05, 4.69) is 42.3 Å². The van der Waals surface area contributed by atoms with Gasteiger partial charge >= 0.3 is 0 Å². The van der Waals surface area contributed by atoms with Crippen molar-refractivity contribution < 1.29 is 0 Å². The van der Waals surface area contributed by atoms with Gasteiger partial charge < -0.3 is 10.6 Å². The summed E-state index contributed by atoms with van der Waals surface area (Å²) in [4.78, 5) is 2.55. The third-order valence-corrected chi connectivity index (χ3v) is 5.91. The molecule has 0 amide bonds. The zero-order valence-corrected chi connectivity index (χ0v) is 13.4. The van der Waals surface area contributed by atoms with E-state index in [1.807, 2.05) is 0 Å². The average molecular weight is 286 g/mol. The van der Waals surface area contributed by atoms with E-state index in [4.69, 9.17) is 5.73 Å². The van der Waals surface area contributed by atoms with Gasteiger partial charge in [-0.1, -0.05) is 36.8 Å². The van der Waals surface area contributed by atoms with Gasteiger partial charge in [-0.25, -0.2) is 0 Å². The van der Waals surface area contributed by atoms with E-state index in [-0.39, 0.29) is 0 Å². The molecule has 1 aromatic carbocycles. The normalized spacial score (nSPS) is 29.2. The molecule has 0 aliphatic heterocycles. The van der Waals surface area contributed by atoms with Crippen molar-refractivity contribution >= 4 is 0 Å². The van der Waals surface area contributed by atoms with Crippen molar-refractivity contribution in [1.82, 2.24) is 4.90 Å². The molecule has 2 fully saturated rings. The minimum Gasteiger partial charge on any atom is -0.329 e. The highest BCUT2D eigenvalue weighted by Crippen LogP contribution is 2.48. The summed E-state index contributed by atoms with van der Waals surface area (Å²) in [6, 6.07) is 11.3. The van der Waals surface area contributed by atoms with Crippen molar-refractivity contribution in [3.05, 3.63) is 35.9 Å². The molecule has 4 unspecified atom stereocenters. The zero-order valence-electron chi connectivity index (χ0n) is 13.4. The fourth-order valence-corrected chi connectivity index (χ4v) is 4.62. The van der Waals surface area contributed by atoms with Crippen LogP contribution in [0.5, 0.6) is 0 Å². The molecule has 2 heteroatoms. The number of aryl methyl sites for hydroxylation is 1. The third kappa shape index (κ3) is 3.67. The van der Waals surface area contributed by atoms with E-state index >= 15 is 0 Å². The van der Waals surface area contributed by atoms with Gasteiger partial charge in [0.1, 0.15) is 0 Å². The Kier molecular flexibility index (Phi) is 4.97. The molecule has 0 heterocycles. The van der Waals surface area contributed by atoms with E-state index in [0.29, 0.717) is 6.04 Å². The maximum atomic E-state index is 6.05. The first-order chi connectivity index (χ1) is 10.3. The quantitative estimate of drug-likeness (QED) is 0.833. The van der Waals surface area contributed by atoms with Crippen molar-refractivity contribution in [1.29, 1.82) is 0 Å². The largest absolute Gasteiger partial charge is 0.329 e. The summed E-state index contributed by atoms with van der Waals surface area (Å²) < 4.78 is 0. The summed E-state index contributed by atoms with van der Waals surface area (Å²) in [6.45, 7) is 2.04. The van der Waals surface area contributed by atoms with Crippen LogP contribution in [-0.2, 0) is 6.42 Å². The Balaban J connectivity index is 1.48. The predicted octanol–water partition coefficient (Wildman–Crippen LogP) is 3.31. The molecule has 21 heavy (non-hydrogen) atoms. The fraction of sp³-hybridized carbons (Fsp3) is 0.684. The van der Waals surface area contributed by atoms with Crippen molar-refractivity contribution in [3.63, 3.8) is 0 Å². The first kappa shape index (κ1) is 15.1. The van der Waals surface area contributed by atoms with Crippen LogP contribution >= 0.6 is 0 Å². The number of benzene rings is 1. The summed E-state index contributed by atoms with van der Waals surface area (Å²) in [5, 5.41) is 0. The van der Waals surface area contributed by atoms with Crippen LogP contribution in [0.4, 0.5) is 0 Å². The summed E-state index contributed by atoms with van der Waals surface area (Å²) in [6.07, 6.45) is 8.29. The molecule has 1 aromatic rings. The molecule has 2 bridgehead atoms. The zero-order chi connectivity index (χ0) is 14.7. The topological polar surface area (TPSA) is 29.3 Å². The molecule has 0 aromatic heterocycles. The summed E-state index contributed by atoms with van der Waals surface area (Å²) in [7, 11) is 2.29. The number of rotatable bonds is 7. The molecule has 3 rings (SSSR count). The summed E-state index contributed by atoms with van der Waals surface area (Å²) in [5.41, 5.74) is 7.48. The van der Waals surface area contributed by atoms with E-state index in [1.165, 1.54) is 44.2 Å². The Morgan fingerprint density at radius 1 is 1.19 bits per heavy atom. The van der Waals surface area contributed by atoms with Gasteiger partial charge in [0.05, 0.1) is 0 Å². The Morgan fingerprint density at radius 2 is 2.00 bits per heavy atom. The van der Waals surface area contributed by atoms with Gasteiger partial charge in [-0.15, -0.1) is 0 Å². The SMILES string of the molecule is CN(CC1CC2CCC1C2)C(CN)CCc1ccccc1. The number of hydrogen-bond donors (Lipinski definition) is 1. The van der Waals surface area contributed by atoms with Crippen LogP contribution in [0, 0.1) is 17.8 Å². The second kappa shape index (κ2) is 6.93. The van der Waals surface area contributed by atoms with Crippen molar-refractivity contribution in [2.45, 2.75) is 44.6 Å². The van der Waals surface area contributed by atoms with E-state index in [0.717, 1.165) is 30.7 Å². The van der Waals surface area contributed by atoms with Crippen molar-refractivity contribution in [2.75, 3.05) is 20.1 Å². The molecule has 2 aliphatic rings. The van der Waals surface area contributed by atoms with Crippen LogP contribution in [0.1, 0.15) is 37.7 Å². The van der Waals surface area contributed by atoms with E-state index in [1.54, 1.807) is 0 Å². The maximum absolute atomic E-state index is 6.05. The minimum absolute atomic E-state index is 0.532. The maximum Gasteiger partial charge on any atom is 0.0218 e. The van der Waals surface area contributed by atoms with Crippen LogP contribution in [0.15, 0.2) is 30.3 Å². The number of fused-ring (bicyclic) bond motifs is 2. The second-order valence-corrected chi connectivity index (χ2v) is 7.29. The molecule has 4 atom stereocenters. The average Bonchev–Trinajstić information content (AvgIpc) is 3.11. The monoisotopic (exact) mass is 286 g/mol. The van der Waals surface area contributed by atoms with Crippen LogP contribution in [0.2, 0.25) is 0 Å². The molecular formula is C19H30N2. The lowest BCUT2D eigenvalue weighted by Crippen LogP contribution is -2.41. The Morgan fingerprint density at radius 3 is 2.62 bits per heavy atom. The van der Waals surface area contributed by atoms with Gasteiger partial charge in [-0.05, 0) is 62.5 Å². The molecule has 0 radical (unpaired) electrons. The molecule has 2 saturated carbocycles. The molecule has 0 saturated heterocycles. The standard InChI is InChI=1S/C19H30N2/c1-21(14-18-12-16-7-9-17(18)11-16)19(13-20)10-8-15-5-3-2-4-6-15/h2-6,16-19H,7-14,20H2,1H3. The third-order valence-electron chi connectivity index (χ3n) is 5.91. The number of nitrogens with zero attached hydrogens (tertiary/aromatic N) is 1. The highest BCUT2D eigenvalue weighted by atomic mass is 15.1. The number of nitrogens with two attached hydrogens (primary N) is 1. The fourth-order valence-electron chi connectivity index (χ4n) is 4.62. The van der Waals surface area contributed by atoms with Crippen LogP contribution in [0.3, 0.4) is 0 Å².